The number of carbonyl (C=O) groups excluding carboxylic acids is 2. The van der Waals surface area contributed by atoms with Crippen LogP contribution in [0.15, 0.2) is 24.3 Å². The summed E-state index contributed by atoms with van der Waals surface area (Å²) in [5.74, 6) is 0.414. The topological polar surface area (TPSA) is 49.4 Å². The monoisotopic (exact) mass is 244 g/mol. The highest BCUT2D eigenvalue weighted by atomic mass is 16.2. The predicted molar refractivity (Wildman–Crippen MR) is 68.3 cm³/mol. The Kier molecular flexibility index (Phi) is 2.58. The number of nitrogens with zero attached hydrogens (tertiary/aromatic N) is 1. The van der Waals surface area contributed by atoms with Crippen molar-refractivity contribution in [1.82, 2.24) is 5.32 Å². The minimum absolute atomic E-state index is 0.0479. The molecule has 1 N–H and O–H groups in total. The molecule has 1 aliphatic carbocycles. The van der Waals surface area contributed by atoms with Crippen molar-refractivity contribution in [3.8, 4) is 0 Å². The van der Waals surface area contributed by atoms with Crippen LogP contribution in [0.1, 0.15) is 24.8 Å². The minimum atomic E-state index is -0.285. The van der Waals surface area contributed by atoms with Crippen molar-refractivity contribution in [2.24, 2.45) is 5.92 Å². The van der Waals surface area contributed by atoms with Crippen LogP contribution in [0.2, 0.25) is 0 Å². The number of hydrogen-bond acceptors (Lipinski definition) is 2. The molecular formula is C14H16N2O2. The van der Waals surface area contributed by atoms with Crippen molar-refractivity contribution < 1.29 is 9.59 Å². The van der Waals surface area contributed by atoms with Crippen molar-refractivity contribution >= 4 is 17.6 Å². The number of aryl methyl sites for hydroxylation is 1. The lowest BCUT2D eigenvalue weighted by molar-refractivity contribution is -0.119. The van der Waals surface area contributed by atoms with Gasteiger partial charge in [0, 0.05) is 12.5 Å². The van der Waals surface area contributed by atoms with E-state index in [-0.39, 0.29) is 18.0 Å². The van der Waals surface area contributed by atoms with Crippen molar-refractivity contribution in [2.45, 2.75) is 32.2 Å². The van der Waals surface area contributed by atoms with Crippen LogP contribution in [0.5, 0.6) is 0 Å². The fourth-order valence-electron chi connectivity index (χ4n) is 2.41. The molecule has 1 atom stereocenters. The van der Waals surface area contributed by atoms with Crippen LogP contribution in [-0.2, 0) is 4.79 Å². The number of carbonyl (C=O) groups is 2. The Balaban J connectivity index is 1.82. The Morgan fingerprint density at radius 3 is 2.39 bits per heavy atom. The molecule has 1 aromatic carbocycles. The van der Waals surface area contributed by atoms with Crippen LogP contribution >= 0.6 is 0 Å². The smallest absolute Gasteiger partial charge is 0.328 e. The van der Waals surface area contributed by atoms with Crippen LogP contribution in [0.25, 0.3) is 0 Å². The van der Waals surface area contributed by atoms with E-state index < -0.39 is 0 Å². The van der Waals surface area contributed by atoms with Crippen molar-refractivity contribution in [3.63, 3.8) is 0 Å². The second kappa shape index (κ2) is 4.12. The average molecular weight is 244 g/mol. The van der Waals surface area contributed by atoms with Crippen molar-refractivity contribution in [3.05, 3.63) is 29.8 Å². The second-order valence-corrected chi connectivity index (χ2v) is 5.16. The SMILES string of the molecule is Cc1ccc(N2C(=O)CC(C3CC3)NC2=O)cc1. The first-order valence-electron chi connectivity index (χ1n) is 6.35. The van der Waals surface area contributed by atoms with E-state index in [1.807, 2.05) is 31.2 Å². The van der Waals surface area contributed by atoms with Gasteiger partial charge in [0.05, 0.1) is 5.69 Å². The van der Waals surface area contributed by atoms with E-state index in [9.17, 15) is 9.59 Å². The molecule has 1 unspecified atom stereocenters. The standard InChI is InChI=1S/C14H16N2O2/c1-9-2-6-11(7-3-9)16-13(17)8-12(10-4-5-10)15-14(16)18/h2-3,6-7,10,12H,4-5,8H2,1H3,(H,15,18). The fourth-order valence-corrected chi connectivity index (χ4v) is 2.41. The van der Waals surface area contributed by atoms with E-state index in [1.165, 1.54) is 4.90 Å². The van der Waals surface area contributed by atoms with Crippen LogP contribution in [-0.4, -0.2) is 18.0 Å². The molecule has 0 aromatic heterocycles. The molecule has 2 aliphatic rings. The number of hydrogen-bond donors (Lipinski definition) is 1. The number of amides is 3. The molecule has 0 bridgehead atoms. The molecule has 94 valence electrons. The molecule has 2 fully saturated rings. The molecule has 0 radical (unpaired) electrons. The van der Waals surface area contributed by atoms with Gasteiger partial charge in [-0.1, -0.05) is 17.7 Å². The van der Waals surface area contributed by atoms with Crippen molar-refractivity contribution in [1.29, 1.82) is 0 Å². The Labute approximate surface area is 106 Å². The first-order chi connectivity index (χ1) is 8.65. The predicted octanol–water partition coefficient (Wildman–Crippen LogP) is 2.22. The maximum absolute atomic E-state index is 12.1. The molecule has 4 nitrogen and oxygen atoms in total. The lowest BCUT2D eigenvalue weighted by atomic mass is 10.1. The molecule has 4 heteroatoms. The molecule has 1 saturated heterocycles. The fraction of sp³-hybridized carbons (Fsp3) is 0.429. The maximum Gasteiger partial charge on any atom is 0.328 e. The Bertz CT molecular complexity index is 473. The van der Waals surface area contributed by atoms with Gasteiger partial charge in [-0.3, -0.25) is 4.79 Å². The first kappa shape index (κ1) is 11.3. The van der Waals surface area contributed by atoms with E-state index in [1.54, 1.807) is 0 Å². The highest BCUT2D eigenvalue weighted by Crippen LogP contribution is 2.36. The number of anilines is 1. The molecule has 1 heterocycles. The molecule has 18 heavy (non-hydrogen) atoms. The Hall–Kier alpha value is -1.84. The van der Waals surface area contributed by atoms with Gasteiger partial charge in [-0.15, -0.1) is 0 Å². The van der Waals surface area contributed by atoms with E-state index >= 15 is 0 Å². The number of urea groups is 1. The van der Waals surface area contributed by atoms with Gasteiger partial charge < -0.3 is 5.32 Å². The molecule has 3 amide bonds. The van der Waals surface area contributed by atoms with Gasteiger partial charge in [0.25, 0.3) is 0 Å². The summed E-state index contributed by atoms with van der Waals surface area (Å²) in [6.07, 6.45) is 2.68. The van der Waals surface area contributed by atoms with Crippen LogP contribution in [0, 0.1) is 12.8 Å². The highest BCUT2D eigenvalue weighted by Gasteiger charge is 2.40. The molecule has 3 rings (SSSR count). The maximum atomic E-state index is 12.1. The van der Waals surface area contributed by atoms with Crippen LogP contribution in [0.4, 0.5) is 10.5 Å². The Morgan fingerprint density at radius 1 is 1.17 bits per heavy atom. The van der Waals surface area contributed by atoms with Gasteiger partial charge in [-0.2, -0.15) is 0 Å². The molecule has 1 saturated carbocycles. The Morgan fingerprint density at radius 2 is 1.83 bits per heavy atom. The summed E-state index contributed by atoms with van der Waals surface area (Å²) in [6, 6.07) is 7.19. The first-order valence-corrected chi connectivity index (χ1v) is 6.35. The number of imide groups is 1. The van der Waals surface area contributed by atoms with Crippen LogP contribution < -0.4 is 10.2 Å². The van der Waals surface area contributed by atoms with Gasteiger partial charge in [-0.05, 0) is 37.8 Å². The third kappa shape index (κ3) is 1.98. The van der Waals surface area contributed by atoms with E-state index in [0.29, 0.717) is 18.0 Å². The quantitative estimate of drug-likeness (QED) is 0.867. The zero-order chi connectivity index (χ0) is 12.7. The summed E-state index contributed by atoms with van der Waals surface area (Å²) >= 11 is 0. The van der Waals surface area contributed by atoms with E-state index in [0.717, 1.165) is 18.4 Å². The zero-order valence-electron chi connectivity index (χ0n) is 10.3. The van der Waals surface area contributed by atoms with Gasteiger partial charge >= 0.3 is 6.03 Å². The number of benzene rings is 1. The third-order valence-corrected chi connectivity index (χ3v) is 3.64. The number of rotatable bonds is 2. The highest BCUT2D eigenvalue weighted by molar-refractivity contribution is 6.16. The van der Waals surface area contributed by atoms with Crippen LogP contribution in [0.3, 0.4) is 0 Å². The van der Waals surface area contributed by atoms with E-state index in [2.05, 4.69) is 5.32 Å². The molecule has 1 aromatic rings. The largest absolute Gasteiger partial charge is 0.334 e. The van der Waals surface area contributed by atoms with Gasteiger partial charge in [0.2, 0.25) is 5.91 Å². The summed E-state index contributed by atoms with van der Waals surface area (Å²) in [5.41, 5.74) is 1.76. The summed E-state index contributed by atoms with van der Waals surface area (Å²) < 4.78 is 0. The lowest BCUT2D eigenvalue weighted by Crippen LogP contribution is -2.55. The summed E-state index contributed by atoms with van der Waals surface area (Å²) in [4.78, 5) is 25.4. The third-order valence-electron chi connectivity index (χ3n) is 3.64. The van der Waals surface area contributed by atoms with E-state index in [4.69, 9.17) is 0 Å². The summed E-state index contributed by atoms with van der Waals surface area (Å²) in [7, 11) is 0. The van der Waals surface area contributed by atoms with Crippen molar-refractivity contribution in [2.75, 3.05) is 4.90 Å². The molecule has 0 spiro atoms. The molecule has 1 aliphatic heterocycles. The minimum Gasteiger partial charge on any atom is -0.334 e. The second-order valence-electron chi connectivity index (χ2n) is 5.16. The number of nitrogens with one attached hydrogen (secondary N) is 1. The van der Waals surface area contributed by atoms with Gasteiger partial charge in [-0.25, -0.2) is 9.69 Å². The zero-order valence-corrected chi connectivity index (χ0v) is 10.3. The van der Waals surface area contributed by atoms with Gasteiger partial charge in [0.15, 0.2) is 0 Å². The lowest BCUT2D eigenvalue weighted by Gasteiger charge is -2.31. The van der Waals surface area contributed by atoms with Gasteiger partial charge in [0.1, 0.15) is 0 Å². The molecular weight excluding hydrogens is 228 g/mol. The summed E-state index contributed by atoms with van der Waals surface area (Å²) in [6.45, 7) is 1.98. The average Bonchev–Trinajstić information content (AvgIpc) is 3.14. The summed E-state index contributed by atoms with van der Waals surface area (Å²) in [5, 5.41) is 2.94. The normalized spacial score (nSPS) is 24.1.